The topological polar surface area (TPSA) is 39.9 Å². The van der Waals surface area contributed by atoms with Gasteiger partial charge in [0.2, 0.25) is 0 Å². The molecule has 0 bridgehead atoms. The lowest BCUT2D eigenvalue weighted by molar-refractivity contribution is -0.0787. The van der Waals surface area contributed by atoms with E-state index in [2.05, 4.69) is 10.3 Å². The van der Waals surface area contributed by atoms with E-state index < -0.39 is 5.72 Å². The molecule has 0 saturated heterocycles. The first-order valence-electron chi connectivity index (χ1n) is 5.10. The van der Waals surface area contributed by atoms with Crippen LogP contribution < -0.4 is 0 Å². The molecule has 4 nitrogen and oxygen atoms in total. The quantitative estimate of drug-likeness (QED) is 0.770. The Bertz CT molecular complexity index is 462. The number of ether oxygens (including phenoxy) is 1. The van der Waals surface area contributed by atoms with Gasteiger partial charge in [0.1, 0.15) is 5.52 Å². The zero-order chi connectivity index (χ0) is 10.9. The lowest BCUT2D eigenvalue weighted by atomic mass is 10.2. The molecule has 0 unspecified atom stereocenters. The second-order valence-corrected chi connectivity index (χ2v) is 3.87. The van der Waals surface area contributed by atoms with Gasteiger partial charge in [-0.1, -0.05) is 17.3 Å². The smallest absolute Gasteiger partial charge is 0.157 e. The van der Waals surface area contributed by atoms with E-state index in [1.807, 2.05) is 49.7 Å². The van der Waals surface area contributed by atoms with E-state index in [9.17, 15) is 0 Å². The lowest BCUT2D eigenvalue weighted by Gasteiger charge is -2.25. The molecule has 0 amide bonds. The number of rotatable bonds is 3. The molecule has 0 radical (unpaired) electrons. The molecule has 0 N–H and O–H groups in total. The van der Waals surface area contributed by atoms with Crippen LogP contribution in [0.1, 0.15) is 20.8 Å². The molecule has 0 aliphatic heterocycles. The second-order valence-electron chi connectivity index (χ2n) is 3.87. The largest absolute Gasteiger partial charge is 0.355 e. The normalized spacial score (nSPS) is 12.2. The van der Waals surface area contributed by atoms with Crippen LogP contribution in [0.4, 0.5) is 0 Å². The van der Waals surface area contributed by atoms with E-state index in [4.69, 9.17) is 4.74 Å². The van der Waals surface area contributed by atoms with Gasteiger partial charge in [0, 0.05) is 6.61 Å². The second kappa shape index (κ2) is 3.62. The summed E-state index contributed by atoms with van der Waals surface area (Å²) in [6, 6.07) is 7.87. The summed E-state index contributed by atoms with van der Waals surface area (Å²) < 4.78 is 7.45. The van der Waals surface area contributed by atoms with Crippen molar-refractivity contribution in [1.82, 2.24) is 15.0 Å². The monoisotopic (exact) mass is 205 g/mol. The highest BCUT2D eigenvalue weighted by Gasteiger charge is 2.23. The first-order chi connectivity index (χ1) is 7.15. The average Bonchev–Trinajstić information content (AvgIpc) is 2.61. The SMILES string of the molecule is CCOC(C)(C)n1nnc2ccccc21. The zero-order valence-corrected chi connectivity index (χ0v) is 9.27. The van der Waals surface area contributed by atoms with Crippen LogP contribution in [0.25, 0.3) is 11.0 Å². The third-order valence-electron chi connectivity index (χ3n) is 2.36. The Morgan fingerprint density at radius 3 is 2.80 bits per heavy atom. The minimum Gasteiger partial charge on any atom is -0.355 e. The van der Waals surface area contributed by atoms with Crippen molar-refractivity contribution < 1.29 is 4.74 Å². The van der Waals surface area contributed by atoms with Gasteiger partial charge in [-0.2, -0.15) is 0 Å². The molecule has 0 fully saturated rings. The minimum absolute atomic E-state index is 0.454. The van der Waals surface area contributed by atoms with Gasteiger partial charge in [-0.3, -0.25) is 0 Å². The van der Waals surface area contributed by atoms with E-state index in [0.717, 1.165) is 11.0 Å². The number of para-hydroxylation sites is 1. The number of aromatic nitrogens is 3. The molecule has 0 saturated carbocycles. The Labute approximate surface area is 88.8 Å². The van der Waals surface area contributed by atoms with Crippen molar-refractivity contribution in [2.75, 3.05) is 6.61 Å². The van der Waals surface area contributed by atoms with Crippen LogP contribution >= 0.6 is 0 Å². The van der Waals surface area contributed by atoms with Gasteiger partial charge in [0.15, 0.2) is 5.72 Å². The molecule has 2 aromatic rings. The van der Waals surface area contributed by atoms with Crippen molar-refractivity contribution in [2.45, 2.75) is 26.5 Å². The molecule has 2 rings (SSSR count). The zero-order valence-electron chi connectivity index (χ0n) is 9.27. The maximum atomic E-state index is 5.64. The lowest BCUT2D eigenvalue weighted by Crippen LogP contribution is -2.30. The van der Waals surface area contributed by atoms with E-state index in [-0.39, 0.29) is 0 Å². The highest BCUT2D eigenvalue weighted by atomic mass is 16.5. The van der Waals surface area contributed by atoms with Crippen LogP contribution in [0.5, 0.6) is 0 Å². The number of hydrogen-bond donors (Lipinski definition) is 0. The summed E-state index contributed by atoms with van der Waals surface area (Å²) in [5, 5.41) is 8.23. The molecular weight excluding hydrogens is 190 g/mol. The minimum atomic E-state index is -0.454. The number of nitrogens with zero attached hydrogens (tertiary/aromatic N) is 3. The Morgan fingerprint density at radius 1 is 1.33 bits per heavy atom. The molecule has 4 heteroatoms. The highest BCUT2D eigenvalue weighted by Crippen LogP contribution is 2.21. The molecule has 0 spiro atoms. The summed E-state index contributed by atoms with van der Waals surface area (Å²) in [5.74, 6) is 0. The maximum Gasteiger partial charge on any atom is 0.157 e. The number of hydrogen-bond acceptors (Lipinski definition) is 3. The maximum absolute atomic E-state index is 5.64. The molecule has 1 aromatic heterocycles. The van der Waals surface area contributed by atoms with E-state index in [1.165, 1.54) is 0 Å². The van der Waals surface area contributed by atoms with E-state index in [0.29, 0.717) is 6.61 Å². The van der Waals surface area contributed by atoms with Crippen LogP contribution in [0.15, 0.2) is 24.3 Å². The Balaban J connectivity index is 2.52. The molecular formula is C11H15N3O. The van der Waals surface area contributed by atoms with Gasteiger partial charge < -0.3 is 4.74 Å². The van der Waals surface area contributed by atoms with Crippen LogP contribution in [0, 0.1) is 0 Å². The van der Waals surface area contributed by atoms with Gasteiger partial charge in [-0.05, 0) is 32.9 Å². The molecule has 0 atom stereocenters. The summed E-state index contributed by atoms with van der Waals surface area (Å²) >= 11 is 0. The van der Waals surface area contributed by atoms with E-state index in [1.54, 1.807) is 0 Å². The summed E-state index contributed by atoms with van der Waals surface area (Å²) in [5.41, 5.74) is 1.44. The molecule has 0 aliphatic rings. The fourth-order valence-corrected chi connectivity index (χ4v) is 1.68. The van der Waals surface area contributed by atoms with Crippen LogP contribution in [-0.4, -0.2) is 21.6 Å². The third-order valence-corrected chi connectivity index (χ3v) is 2.36. The number of benzene rings is 1. The van der Waals surface area contributed by atoms with Crippen molar-refractivity contribution in [3.63, 3.8) is 0 Å². The predicted octanol–water partition coefficient (Wildman–Crippen LogP) is 2.16. The fraction of sp³-hybridized carbons (Fsp3) is 0.455. The van der Waals surface area contributed by atoms with Gasteiger partial charge >= 0.3 is 0 Å². The summed E-state index contributed by atoms with van der Waals surface area (Å²) in [4.78, 5) is 0. The molecule has 15 heavy (non-hydrogen) atoms. The molecule has 1 heterocycles. The first kappa shape index (κ1) is 10.1. The van der Waals surface area contributed by atoms with Gasteiger partial charge in [0.25, 0.3) is 0 Å². The fourth-order valence-electron chi connectivity index (χ4n) is 1.68. The number of fused-ring (bicyclic) bond motifs is 1. The first-order valence-corrected chi connectivity index (χ1v) is 5.10. The molecule has 80 valence electrons. The van der Waals surface area contributed by atoms with Crippen molar-refractivity contribution in [3.8, 4) is 0 Å². The summed E-state index contributed by atoms with van der Waals surface area (Å²) in [6.45, 7) is 6.59. The van der Waals surface area contributed by atoms with Crippen molar-refractivity contribution >= 4 is 11.0 Å². The van der Waals surface area contributed by atoms with Crippen LogP contribution in [0.2, 0.25) is 0 Å². The van der Waals surface area contributed by atoms with Crippen molar-refractivity contribution in [2.24, 2.45) is 0 Å². The highest BCUT2D eigenvalue weighted by molar-refractivity contribution is 5.74. The van der Waals surface area contributed by atoms with E-state index >= 15 is 0 Å². The van der Waals surface area contributed by atoms with Crippen LogP contribution in [0.3, 0.4) is 0 Å². The summed E-state index contributed by atoms with van der Waals surface area (Å²) in [7, 11) is 0. The van der Waals surface area contributed by atoms with Crippen molar-refractivity contribution in [3.05, 3.63) is 24.3 Å². The van der Waals surface area contributed by atoms with Gasteiger partial charge in [-0.15, -0.1) is 5.10 Å². The van der Waals surface area contributed by atoms with Gasteiger partial charge in [0.05, 0.1) is 5.52 Å². The average molecular weight is 205 g/mol. The predicted molar refractivity (Wildman–Crippen MR) is 58.5 cm³/mol. The molecule has 0 aliphatic carbocycles. The Morgan fingerprint density at radius 2 is 2.07 bits per heavy atom. The van der Waals surface area contributed by atoms with Gasteiger partial charge in [-0.25, -0.2) is 4.68 Å². The van der Waals surface area contributed by atoms with Crippen molar-refractivity contribution in [1.29, 1.82) is 0 Å². The Hall–Kier alpha value is -1.42. The Kier molecular flexibility index (Phi) is 2.44. The third kappa shape index (κ3) is 1.72. The summed E-state index contributed by atoms with van der Waals surface area (Å²) in [6.07, 6.45) is 0. The molecule has 1 aromatic carbocycles. The van der Waals surface area contributed by atoms with Crippen LogP contribution in [-0.2, 0) is 10.5 Å². The standard InChI is InChI=1S/C11H15N3O/c1-4-15-11(2,3)14-10-8-6-5-7-9(10)12-13-14/h5-8H,4H2,1-3H3.